The number of carbonyl (C=O) groups is 4. The molecule has 1 aromatic carbocycles. The number of urea groups is 1. The molecular formula is C19H23N3O5. The Kier molecular flexibility index (Phi) is 5.01. The van der Waals surface area contributed by atoms with Crippen LogP contribution in [0.2, 0.25) is 0 Å². The highest BCUT2D eigenvalue weighted by atomic mass is 16.3. The van der Waals surface area contributed by atoms with Crippen molar-refractivity contribution >= 4 is 23.8 Å². The van der Waals surface area contributed by atoms with Crippen molar-refractivity contribution in [3.05, 3.63) is 35.4 Å². The second kappa shape index (κ2) is 7.11. The normalized spacial score (nSPS) is 23.1. The van der Waals surface area contributed by atoms with Gasteiger partial charge in [0.25, 0.3) is 17.7 Å². The van der Waals surface area contributed by atoms with E-state index in [1.54, 1.807) is 31.2 Å². The molecule has 1 aromatic rings. The SMILES string of the molecule is CCCC[C@]1(C)NC(=O)N(C[C@H](O)CN2C(=O)c3ccccc3C2=O)C1=O. The lowest BCUT2D eigenvalue weighted by Crippen LogP contribution is -2.46. The first-order valence-electron chi connectivity index (χ1n) is 9.06. The van der Waals surface area contributed by atoms with Gasteiger partial charge in [-0.2, -0.15) is 0 Å². The van der Waals surface area contributed by atoms with Crippen molar-refractivity contribution in [2.45, 2.75) is 44.8 Å². The molecule has 0 aliphatic carbocycles. The molecule has 144 valence electrons. The van der Waals surface area contributed by atoms with Crippen LogP contribution < -0.4 is 5.32 Å². The average Bonchev–Trinajstić information content (AvgIpc) is 3.00. The molecule has 0 radical (unpaired) electrons. The smallest absolute Gasteiger partial charge is 0.325 e. The first kappa shape index (κ1) is 19.0. The molecule has 2 aliphatic heterocycles. The Labute approximate surface area is 157 Å². The van der Waals surface area contributed by atoms with Crippen LogP contribution in [-0.4, -0.2) is 63.4 Å². The highest BCUT2D eigenvalue weighted by Crippen LogP contribution is 2.25. The zero-order chi connectivity index (χ0) is 19.8. The number of unbranched alkanes of at least 4 members (excludes halogenated alkanes) is 1. The van der Waals surface area contributed by atoms with Crippen molar-refractivity contribution in [2.75, 3.05) is 13.1 Å². The molecule has 2 heterocycles. The monoisotopic (exact) mass is 373 g/mol. The number of aliphatic hydroxyl groups is 1. The summed E-state index contributed by atoms with van der Waals surface area (Å²) in [5.74, 6) is -1.37. The fourth-order valence-electron chi connectivity index (χ4n) is 3.50. The molecule has 0 bridgehead atoms. The Morgan fingerprint density at radius 3 is 2.15 bits per heavy atom. The lowest BCUT2D eigenvalue weighted by Gasteiger charge is -2.24. The van der Waals surface area contributed by atoms with E-state index in [-0.39, 0.29) is 24.2 Å². The van der Waals surface area contributed by atoms with Crippen LogP contribution in [0.1, 0.15) is 53.8 Å². The highest BCUT2D eigenvalue weighted by Gasteiger charge is 2.48. The summed E-state index contributed by atoms with van der Waals surface area (Å²) in [4.78, 5) is 51.4. The third-order valence-electron chi connectivity index (χ3n) is 5.04. The Hall–Kier alpha value is -2.74. The van der Waals surface area contributed by atoms with Gasteiger partial charge >= 0.3 is 6.03 Å². The Morgan fingerprint density at radius 1 is 1.04 bits per heavy atom. The van der Waals surface area contributed by atoms with E-state index in [0.717, 1.165) is 22.6 Å². The summed E-state index contributed by atoms with van der Waals surface area (Å²) in [7, 11) is 0. The molecule has 1 saturated heterocycles. The van der Waals surface area contributed by atoms with Crippen LogP contribution >= 0.6 is 0 Å². The van der Waals surface area contributed by atoms with Gasteiger partial charge in [0.15, 0.2) is 0 Å². The van der Waals surface area contributed by atoms with Crippen molar-refractivity contribution in [1.82, 2.24) is 15.1 Å². The maximum Gasteiger partial charge on any atom is 0.325 e. The summed E-state index contributed by atoms with van der Waals surface area (Å²) in [6.07, 6.45) is 0.962. The van der Waals surface area contributed by atoms with Gasteiger partial charge in [-0.05, 0) is 25.5 Å². The third-order valence-corrected chi connectivity index (χ3v) is 5.04. The van der Waals surface area contributed by atoms with Crippen LogP contribution in [0.3, 0.4) is 0 Å². The zero-order valence-corrected chi connectivity index (χ0v) is 15.4. The van der Waals surface area contributed by atoms with Crippen LogP contribution in [0.25, 0.3) is 0 Å². The van der Waals surface area contributed by atoms with Crippen molar-refractivity contribution in [1.29, 1.82) is 0 Å². The second-order valence-corrected chi connectivity index (χ2v) is 7.20. The van der Waals surface area contributed by atoms with Crippen LogP contribution in [0.15, 0.2) is 24.3 Å². The highest BCUT2D eigenvalue weighted by molar-refractivity contribution is 6.21. The Bertz CT molecular complexity index is 773. The lowest BCUT2D eigenvalue weighted by atomic mass is 9.95. The topological polar surface area (TPSA) is 107 Å². The summed E-state index contributed by atoms with van der Waals surface area (Å²) in [5.41, 5.74) is -0.406. The van der Waals surface area contributed by atoms with E-state index >= 15 is 0 Å². The van der Waals surface area contributed by atoms with E-state index in [2.05, 4.69) is 5.32 Å². The minimum atomic E-state index is -1.23. The molecule has 3 rings (SSSR count). The number of benzene rings is 1. The fourth-order valence-corrected chi connectivity index (χ4v) is 3.50. The molecular weight excluding hydrogens is 350 g/mol. The summed E-state index contributed by atoms with van der Waals surface area (Å²) < 4.78 is 0. The van der Waals surface area contributed by atoms with Gasteiger partial charge < -0.3 is 10.4 Å². The number of nitrogens with zero attached hydrogens (tertiary/aromatic N) is 2. The molecule has 8 heteroatoms. The Balaban J connectivity index is 1.66. The van der Waals surface area contributed by atoms with E-state index in [0.29, 0.717) is 6.42 Å². The van der Waals surface area contributed by atoms with Crippen LogP contribution in [0.5, 0.6) is 0 Å². The molecule has 2 atom stereocenters. The predicted molar refractivity (Wildman–Crippen MR) is 96.0 cm³/mol. The average molecular weight is 373 g/mol. The minimum Gasteiger partial charge on any atom is -0.389 e. The Morgan fingerprint density at radius 2 is 1.59 bits per heavy atom. The third kappa shape index (κ3) is 3.32. The predicted octanol–water partition coefficient (Wildman–Crippen LogP) is 1.14. The van der Waals surface area contributed by atoms with Gasteiger partial charge in [-0.3, -0.25) is 24.2 Å². The van der Waals surface area contributed by atoms with E-state index < -0.39 is 35.4 Å². The maximum absolute atomic E-state index is 12.6. The number of β-amino-alcohol motifs (C(OH)–C–C–N with tert-alkyl or cyclic N) is 1. The van der Waals surface area contributed by atoms with E-state index in [1.165, 1.54) is 0 Å². The van der Waals surface area contributed by atoms with Gasteiger partial charge in [0, 0.05) is 0 Å². The van der Waals surface area contributed by atoms with Crippen LogP contribution in [0.4, 0.5) is 4.79 Å². The summed E-state index contributed by atoms with van der Waals surface area (Å²) in [5, 5.41) is 13.0. The molecule has 0 unspecified atom stereocenters. The van der Waals surface area contributed by atoms with E-state index in [1.807, 2.05) is 6.92 Å². The second-order valence-electron chi connectivity index (χ2n) is 7.20. The fraction of sp³-hybridized carbons (Fsp3) is 0.474. The van der Waals surface area contributed by atoms with E-state index in [4.69, 9.17) is 0 Å². The first-order chi connectivity index (χ1) is 12.8. The summed E-state index contributed by atoms with van der Waals surface area (Å²) in [6, 6.07) is 5.86. The quantitative estimate of drug-likeness (QED) is 0.551. The molecule has 1 fully saturated rings. The molecule has 8 nitrogen and oxygen atoms in total. The molecule has 5 amide bonds. The molecule has 0 spiro atoms. The number of amides is 5. The van der Waals surface area contributed by atoms with Gasteiger partial charge in [-0.25, -0.2) is 4.79 Å². The number of rotatable bonds is 7. The zero-order valence-electron chi connectivity index (χ0n) is 15.4. The van der Waals surface area contributed by atoms with Gasteiger partial charge in [-0.15, -0.1) is 0 Å². The largest absolute Gasteiger partial charge is 0.389 e. The molecule has 2 N–H and O–H groups in total. The van der Waals surface area contributed by atoms with Crippen molar-refractivity contribution in [3.8, 4) is 0 Å². The van der Waals surface area contributed by atoms with Crippen molar-refractivity contribution in [3.63, 3.8) is 0 Å². The molecule has 0 saturated carbocycles. The number of fused-ring (bicyclic) bond motifs is 1. The van der Waals surface area contributed by atoms with Gasteiger partial charge in [-0.1, -0.05) is 31.9 Å². The molecule has 0 aromatic heterocycles. The summed E-state index contributed by atoms with van der Waals surface area (Å²) in [6.45, 7) is 3.10. The lowest BCUT2D eigenvalue weighted by molar-refractivity contribution is -0.132. The number of imide groups is 2. The number of carbonyl (C=O) groups excluding carboxylic acids is 4. The standard InChI is InChI=1S/C19H23N3O5/c1-3-4-9-19(2)17(26)22(18(27)20-19)11-12(23)10-21-15(24)13-7-5-6-8-14(13)16(21)25/h5-8,12,23H,3-4,9-11H2,1-2H3,(H,20,27)/t12-,19+/m1/s1. The molecule has 2 aliphatic rings. The van der Waals surface area contributed by atoms with Gasteiger partial charge in [0.2, 0.25) is 0 Å². The number of aliphatic hydroxyl groups excluding tert-OH is 1. The van der Waals surface area contributed by atoms with Crippen LogP contribution in [-0.2, 0) is 4.79 Å². The van der Waals surface area contributed by atoms with E-state index in [9.17, 15) is 24.3 Å². The number of hydrogen-bond donors (Lipinski definition) is 2. The van der Waals surface area contributed by atoms with Crippen molar-refractivity contribution in [2.24, 2.45) is 0 Å². The first-order valence-corrected chi connectivity index (χ1v) is 9.06. The summed E-state index contributed by atoms with van der Waals surface area (Å²) >= 11 is 0. The van der Waals surface area contributed by atoms with Gasteiger partial charge in [0.1, 0.15) is 5.54 Å². The maximum atomic E-state index is 12.6. The van der Waals surface area contributed by atoms with Gasteiger partial charge in [0.05, 0.1) is 30.3 Å². The van der Waals surface area contributed by atoms with Crippen LogP contribution in [0, 0.1) is 0 Å². The number of nitrogens with one attached hydrogen (secondary N) is 1. The minimum absolute atomic E-state index is 0.278. The molecule has 27 heavy (non-hydrogen) atoms. The van der Waals surface area contributed by atoms with Crippen molar-refractivity contribution < 1.29 is 24.3 Å². The number of hydrogen-bond acceptors (Lipinski definition) is 5.